The van der Waals surface area contributed by atoms with E-state index in [0.29, 0.717) is 12.2 Å². The van der Waals surface area contributed by atoms with Crippen LogP contribution in [0.3, 0.4) is 0 Å². The summed E-state index contributed by atoms with van der Waals surface area (Å²) in [5.41, 5.74) is 9.69. The van der Waals surface area contributed by atoms with Crippen LogP contribution in [0.15, 0.2) is 121 Å². The van der Waals surface area contributed by atoms with E-state index in [1.807, 2.05) is 0 Å². The molecule has 4 aromatic carbocycles. The van der Waals surface area contributed by atoms with Crippen molar-refractivity contribution in [1.29, 1.82) is 0 Å². The summed E-state index contributed by atoms with van der Waals surface area (Å²) in [7, 11) is 0. The Morgan fingerprint density at radius 3 is 1.37 bits per heavy atom. The highest BCUT2D eigenvalue weighted by atomic mass is 16.1. The number of fused-ring (bicyclic) bond motifs is 1. The van der Waals surface area contributed by atoms with Gasteiger partial charge in [0.2, 0.25) is 0 Å². The lowest BCUT2D eigenvalue weighted by atomic mass is 9.60. The Labute approximate surface area is 207 Å². The number of carbonyl (C=O) groups is 1. The molecule has 1 fully saturated rings. The summed E-state index contributed by atoms with van der Waals surface area (Å²) in [5, 5.41) is 0. The summed E-state index contributed by atoms with van der Waals surface area (Å²) in [4.78, 5) is 13.8. The maximum atomic E-state index is 13.8. The summed E-state index contributed by atoms with van der Waals surface area (Å²) < 4.78 is 0. The fourth-order valence-corrected chi connectivity index (χ4v) is 6.05. The van der Waals surface area contributed by atoms with Gasteiger partial charge in [-0.3, -0.25) is 4.79 Å². The van der Waals surface area contributed by atoms with E-state index >= 15 is 0 Å². The van der Waals surface area contributed by atoms with Crippen LogP contribution in [0.4, 0.5) is 0 Å². The van der Waals surface area contributed by atoms with Crippen molar-refractivity contribution in [3.63, 3.8) is 0 Å². The predicted octanol–water partition coefficient (Wildman–Crippen LogP) is 8.21. The number of Topliss-reactive ketones (excluding diaryl/α,β-unsaturated/α-hetero) is 1. The highest BCUT2D eigenvalue weighted by Crippen LogP contribution is 2.56. The lowest BCUT2D eigenvalue weighted by molar-refractivity contribution is -0.123. The number of hydrogen-bond acceptors (Lipinski definition) is 1. The van der Waals surface area contributed by atoms with Crippen molar-refractivity contribution in [1.82, 2.24) is 0 Å². The molecule has 0 aromatic heterocycles. The standard InChI is InChI=1S/C34H28O/c35-29-23-13-22-28-30(24-14-5-1-6-15-24)31(25-16-7-2-8-17-25)32(26-18-9-3-10-19-26)33(34(28)29)27-20-11-4-12-21-27/h1-12,14-21,28,34H,13,22-23H2. The number of benzene rings is 4. The highest BCUT2D eigenvalue weighted by molar-refractivity contribution is 6.26. The normalized spacial score (nSPS) is 20.1. The van der Waals surface area contributed by atoms with Gasteiger partial charge in [0.15, 0.2) is 0 Å². The zero-order chi connectivity index (χ0) is 23.6. The molecule has 1 saturated carbocycles. The average molecular weight is 453 g/mol. The van der Waals surface area contributed by atoms with E-state index in [0.717, 1.165) is 24.0 Å². The summed E-state index contributed by atoms with van der Waals surface area (Å²) >= 11 is 0. The minimum absolute atomic E-state index is 0.135. The van der Waals surface area contributed by atoms with Crippen LogP contribution in [0, 0.1) is 11.8 Å². The molecule has 1 heteroatoms. The summed E-state index contributed by atoms with van der Waals surface area (Å²) in [6, 6.07) is 42.7. The molecule has 35 heavy (non-hydrogen) atoms. The van der Waals surface area contributed by atoms with Gasteiger partial charge in [0, 0.05) is 6.42 Å². The zero-order valence-electron chi connectivity index (χ0n) is 19.7. The summed E-state index contributed by atoms with van der Waals surface area (Å²) in [5.74, 6) is 0.398. The van der Waals surface area contributed by atoms with Crippen molar-refractivity contribution in [3.05, 3.63) is 144 Å². The minimum atomic E-state index is -0.135. The van der Waals surface area contributed by atoms with Crippen molar-refractivity contribution in [3.8, 4) is 0 Å². The molecule has 0 spiro atoms. The Morgan fingerprint density at radius 2 is 0.886 bits per heavy atom. The second-order valence-electron chi connectivity index (χ2n) is 9.48. The zero-order valence-corrected chi connectivity index (χ0v) is 19.7. The van der Waals surface area contributed by atoms with Crippen LogP contribution in [-0.4, -0.2) is 5.78 Å². The van der Waals surface area contributed by atoms with Gasteiger partial charge < -0.3 is 0 Å². The molecule has 2 aliphatic rings. The summed E-state index contributed by atoms with van der Waals surface area (Å²) in [6.07, 6.45) is 2.62. The third-order valence-electron chi connectivity index (χ3n) is 7.45. The molecular formula is C34H28O. The third kappa shape index (κ3) is 3.88. The topological polar surface area (TPSA) is 17.1 Å². The molecule has 6 rings (SSSR count). The number of hydrogen-bond donors (Lipinski definition) is 0. The van der Waals surface area contributed by atoms with Crippen LogP contribution in [0.1, 0.15) is 41.5 Å². The fraction of sp³-hybridized carbons (Fsp3) is 0.147. The van der Waals surface area contributed by atoms with Gasteiger partial charge in [-0.2, -0.15) is 0 Å². The summed E-state index contributed by atoms with van der Waals surface area (Å²) in [6.45, 7) is 0. The van der Waals surface area contributed by atoms with Crippen LogP contribution in [0.5, 0.6) is 0 Å². The minimum Gasteiger partial charge on any atom is -0.299 e. The molecule has 170 valence electrons. The van der Waals surface area contributed by atoms with E-state index in [1.54, 1.807) is 0 Å². The molecule has 4 aromatic rings. The largest absolute Gasteiger partial charge is 0.299 e. The molecule has 0 heterocycles. The van der Waals surface area contributed by atoms with E-state index in [4.69, 9.17) is 0 Å². The lowest BCUT2D eigenvalue weighted by Crippen LogP contribution is -2.34. The molecular weight excluding hydrogens is 424 g/mol. The molecule has 2 atom stereocenters. The van der Waals surface area contributed by atoms with Gasteiger partial charge in [0.25, 0.3) is 0 Å². The molecule has 0 saturated heterocycles. The molecule has 2 aliphatic carbocycles. The fourth-order valence-electron chi connectivity index (χ4n) is 6.05. The molecule has 0 aliphatic heterocycles. The monoisotopic (exact) mass is 452 g/mol. The molecule has 2 unspecified atom stereocenters. The van der Waals surface area contributed by atoms with E-state index in [9.17, 15) is 4.79 Å². The van der Waals surface area contributed by atoms with Crippen molar-refractivity contribution < 1.29 is 4.79 Å². The Bertz CT molecular complexity index is 1400. The Morgan fingerprint density at radius 1 is 0.486 bits per heavy atom. The van der Waals surface area contributed by atoms with E-state index < -0.39 is 0 Å². The van der Waals surface area contributed by atoms with Gasteiger partial charge in [-0.25, -0.2) is 0 Å². The lowest BCUT2D eigenvalue weighted by Gasteiger charge is -2.41. The quantitative estimate of drug-likeness (QED) is 0.305. The Hall–Kier alpha value is -3.97. The maximum Gasteiger partial charge on any atom is 0.141 e. The number of rotatable bonds is 4. The molecule has 0 amide bonds. The van der Waals surface area contributed by atoms with Crippen LogP contribution < -0.4 is 0 Å². The first-order valence-electron chi connectivity index (χ1n) is 12.6. The van der Waals surface area contributed by atoms with Crippen molar-refractivity contribution in [2.75, 3.05) is 0 Å². The van der Waals surface area contributed by atoms with Gasteiger partial charge in [0.05, 0.1) is 5.92 Å². The maximum absolute atomic E-state index is 13.8. The Balaban J connectivity index is 1.79. The third-order valence-corrected chi connectivity index (χ3v) is 7.45. The van der Waals surface area contributed by atoms with Gasteiger partial charge in [-0.15, -0.1) is 0 Å². The second-order valence-corrected chi connectivity index (χ2v) is 9.48. The SMILES string of the molecule is O=C1CCCC2C(c3ccccc3)=C(c3ccccc3)C(c3ccccc3)=C(c3ccccc3)C12. The highest BCUT2D eigenvalue weighted by Gasteiger charge is 2.44. The van der Waals surface area contributed by atoms with E-state index in [1.165, 1.54) is 33.4 Å². The number of carbonyl (C=O) groups excluding carboxylic acids is 1. The molecule has 0 N–H and O–H groups in total. The van der Waals surface area contributed by atoms with Gasteiger partial charge >= 0.3 is 0 Å². The van der Waals surface area contributed by atoms with Crippen LogP contribution >= 0.6 is 0 Å². The smallest absolute Gasteiger partial charge is 0.141 e. The van der Waals surface area contributed by atoms with Crippen LogP contribution in [-0.2, 0) is 4.79 Å². The van der Waals surface area contributed by atoms with Crippen molar-refractivity contribution >= 4 is 28.1 Å². The average Bonchev–Trinajstić information content (AvgIpc) is 2.94. The first-order chi connectivity index (χ1) is 17.3. The van der Waals surface area contributed by atoms with Crippen molar-refractivity contribution in [2.45, 2.75) is 19.3 Å². The van der Waals surface area contributed by atoms with Crippen LogP contribution in [0.25, 0.3) is 22.3 Å². The van der Waals surface area contributed by atoms with Crippen LogP contribution in [0.2, 0.25) is 0 Å². The van der Waals surface area contributed by atoms with Gasteiger partial charge in [-0.1, -0.05) is 121 Å². The first-order valence-corrected chi connectivity index (χ1v) is 12.6. The molecule has 0 radical (unpaired) electrons. The van der Waals surface area contributed by atoms with Crippen molar-refractivity contribution in [2.24, 2.45) is 11.8 Å². The van der Waals surface area contributed by atoms with Gasteiger partial charge in [-0.05, 0) is 63.3 Å². The second kappa shape index (κ2) is 9.35. The predicted molar refractivity (Wildman–Crippen MR) is 145 cm³/mol. The van der Waals surface area contributed by atoms with E-state index in [2.05, 4.69) is 121 Å². The molecule has 1 nitrogen and oxygen atoms in total. The number of allylic oxidation sites excluding steroid dienone is 4. The van der Waals surface area contributed by atoms with Gasteiger partial charge in [0.1, 0.15) is 5.78 Å². The first kappa shape index (κ1) is 21.6. The van der Waals surface area contributed by atoms with E-state index in [-0.39, 0.29) is 11.8 Å². The molecule has 0 bridgehead atoms. The Kier molecular flexibility index (Phi) is 5.76. The number of ketones is 1.